The molecule has 0 aliphatic carbocycles. The van der Waals surface area contributed by atoms with Crippen LogP contribution in [0.4, 0.5) is 5.69 Å². The Hall–Kier alpha value is -1.94. The normalized spacial score (nSPS) is 12.3. The minimum absolute atomic E-state index is 0.0959. The number of halogens is 1. The van der Waals surface area contributed by atoms with Gasteiger partial charge in [-0.15, -0.1) is 0 Å². The zero-order chi connectivity index (χ0) is 21.8. The van der Waals surface area contributed by atoms with Crippen molar-refractivity contribution in [2.75, 3.05) is 18.1 Å². The Morgan fingerprint density at radius 2 is 1.48 bits per heavy atom. The van der Waals surface area contributed by atoms with E-state index in [4.69, 9.17) is 11.6 Å². The van der Waals surface area contributed by atoms with Crippen LogP contribution in [0.5, 0.6) is 0 Å². The molecule has 2 aromatic carbocycles. The third-order valence-electron chi connectivity index (χ3n) is 4.31. The quantitative estimate of drug-likeness (QED) is 0.654. The van der Waals surface area contributed by atoms with Gasteiger partial charge in [-0.25, -0.2) is 16.8 Å². The second-order valence-electron chi connectivity index (χ2n) is 6.71. The summed E-state index contributed by atoms with van der Waals surface area (Å²) in [4.78, 5) is 12.3. The van der Waals surface area contributed by atoms with Crippen LogP contribution in [-0.2, 0) is 24.7 Å². The van der Waals surface area contributed by atoms with Crippen LogP contribution in [0.3, 0.4) is 0 Å². The highest BCUT2D eigenvalue weighted by molar-refractivity contribution is 7.91. The van der Waals surface area contributed by atoms with Crippen molar-refractivity contribution >= 4 is 43.1 Å². The molecule has 1 amide bonds. The molecule has 0 heterocycles. The Bertz CT molecular complexity index is 1060. The molecule has 0 bridgehead atoms. The van der Waals surface area contributed by atoms with Crippen molar-refractivity contribution in [2.45, 2.75) is 36.1 Å². The molecule has 29 heavy (non-hydrogen) atoms. The zero-order valence-electron chi connectivity index (χ0n) is 16.3. The Labute approximate surface area is 176 Å². The minimum atomic E-state index is -3.61. The molecule has 0 saturated carbocycles. The van der Waals surface area contributed by atoms with Gasteiger partial charge in [-0.3, -0.25) is 4.79 Å². The van der Waals surface area contributed by atoms with Crippen LogP contribution in [0, 0.1) is 0 Å². The predicted octanol–water partition coefficient (Wildman–Crippen LogP) is 3.17. The third-order valence-corrected chi connectivity index (χ3v) is 8.34. The lowest BCUT2D eigenvalue weighted by atomic mass is 10.3. The summed E-state index contributed by atoms with van der Waals surface area (Å²) in [5, 5.41) is 3.00. The molecule has 158 valence electrons. The SMILES string of the molecule is CC(C)N(C)S(=O)(=O)c1ccc(NC(=O)CCS(=O)(=O)c2ccc(Cl)cc2)cc1. The molecule has 0 aliphatic heterocycles. The van der Waals surface area contributed by atoms with Gasteiger partial charge in [-0.05, 0) is 62.4 Å². The average molecular weight is 459 g/mol. The minimum Gasteiger partial charge on any atom is -0.326 e. The van der Waals surface area contributed by atoms with E-state index >= 15 is 0 Å². The lowest BCUT2D eigenvalue weighted by molar-refractivity contribution is -0.115. The fourth-order valence-electron chi connectivity index (χ4n) is 2.36. The molecule has 2 aromatic rings. The van der Waals surface area contributed by atoms with Gasteiger partial charge < -0.3 is 5.32 Å². The van der Waals surface area contributed by atoms with E-state index in [9.17, 15) is 21.6 Å². The third kappa shape index (κ3) is 6.02. The van der Waals surface area contributed by atoms with Crippen LogP contribution in [0.2, 0.25) is 5.02 Å². The predicted molar refractivity (Wildman–Crippen MR) is 113 cm³/mol. The summed E-state index contributed by atoms with van der Waals surface area (Å²) in [5.41, 5.74) is 0.380. The molecule has 0 aliphatic rings. The second kappa shape index (κ2) is 9.25. The fourth-order valence-corrected chi connectivity index (χ4v) is 5.10. The second-order valence-corrected chi connectivity index (χ2v) is 11.3. The van der Waals surface area contributed by atoms with Crippen molar-refractivity contribution < 1.29 is 21.6 Å². The first-order chi connectivity index (χ1) is 13.4. The molecule has 0 radical (unpaired) electrons. The largest absolute Gasteiger partial charge is 0.326 e. The lowest BCUT2D eigenvalue weighted by Crippen LogP contribution is -2.33. The average Bonchev–Trinajstić information content (AvgIpc) is 2.66. The Kier molecular flexibility index (Phi) is 7.45. The van der Waals surface area contributed by atoms with Gasteiger partial charge in [0.05, 0.1) is 15.5 Å². The van der Waals surface area contributed by atoms with Gasteiger partial charge in [0.25, 0.3) is 0 Å². The van der Waals surface area contributed by atoms with Crippen LogP contribution >= 0.6 is 11.6 Å². The van der Waals surface area contributed by atoms with Crippen molar-refractivity contribution in [2.24, 2.45) is 0 Å². The van der Waals surface area contributed by atoms with Crippen molar-refractivity contribution in [3.05, 3.63) is 53.6 Å². The molecule has 0 spiro atoms. The van der Waals surface area contributed by atoms with E-state index in [1.807, 2.05) is 0 Å². The summed E-state index contributed by atoms with van der Waals surface area (Å²) in [6.45, 7) is 3.54. The van der Waals surface area contributed by atoms with Gasteiger partial charge in [0.15, 0.2) is 9.84 Å². The molecule has 0 aromatic heterocycles. The van der Waals surface area contributed by atoms with Crippen LogP contribution in [0.25, 0.3) is 0 Å². The number of hydrogen-bond acceptors (Lipinski definition) is 5. The highest BCUT2D eigenvalue weighted by atomic mass is 35.5. The van der Waals surface area contributed by atoms with E-state index in [1.54, 1.807) is 13.8 Å². The van der Waals surface area contributed by atoms with E-state index in [0.29, 0.717) is 10.7 Å². The number of carbonyl (C=O) groups is 1. The number of sulfonamides is 1. The first-order valence-electron chi connectivity index (χ1n) is 8.80. The highest BCUT2D eigenvalue weighted by Crippen LogP contribution is 2.20. The molecule has 0 unspecified atom stereocenters. The van der Waals surface area contributed by atoms with Gasteiger partial charge in [0, 0.05) is 30.2 Å². The van der Waals surface area contributed by atoms with Gasteiger partial charge >= 0.3 is 0 Å². The van der Waals surface area contributed by atoms with Crippen LogP contribution in [-0.4, -0.2) is 45.9 Å². The standard InChI is InChI=1S/C19H23ClN2O5S2/c1-14(2)22(3)29(26,27)18-10-6-16(7-11-18)21-19(23)12-13-28(24,25)17-8-4-15(20)5-9-17/h4-11,14H,12-13H2,1-3H3,(H,21,23). The Morgan fingerprint density at radius 3 is 2.00 bits per heavy atom. The highest BCUT2D eigenvalue weighted by Gasteiger charge is 2.23. The molecule has 0 atom stereocenters. The van der Waals surface area contributed by atoms with Crippen LogP contribution < -0.4 is 5.32 Å². The molecular weight excluding hydrogens is 436 g/mol. The van der Waals surface area contributed by atoms with E-state index < -0.39 is 25.8 Å². The van der Waals surface area contributed by atoms with E-state index in [1.165, 1.54) is 59.9 Å². The van der Waals surface area contributed by atoms with Gasteiger partial charge in [-0.2, -0.15) is 4.31 Å². The van der Waals surface area contributed by atoms with Crippen LogP contribution in [0.15, 0.2) is 58.3 Å². The summed E-state index contributed by atoms with van der Waals surface area (Å²) in [6, 6.07) is 11.3. The van der Waals surface area contributed by atoms with E-state index in [-0.39, 0.29) is 28.0 Å². The molecule has 0 saturated heterocycles. The number of amides is 1. The van der Waals surface area contributed by atoms with E-state index in [2.05, 4.69) is 5.32 Å². The monoisotopic (exact) mass is 458 g/mol. The van der Waals surface area contributed by atoms with Gasteiger partial charge in [0.2, 0.25) is 15.9 Å². The molecular formula is C19H23ClN2O5S2. The van der Waals surface area contributed by atoms with E-state index in [0.717, 1.165) is 0 Å². The summed E-state index contributed by atoms with van der Waals surface area (Å²) in [5.74, 6) is -0.844. The smallest absolute Gasteiger partial charge is 0.243 e. The summed E-state index contributed by atoms with van der Waals surface area (Å²) in [6.07, 6.45) is -0.235. The molecule has 10 heteroatoms. The van der Waals surface area contributed by atoms with Gasteiger partial charge in [0.1, 0.15) is 0 Å². The number of nitrogens with zero attached hydrogens (tertiary/aromatic N) is 1. The maximum Gasteiger partial charge on any atom is 0.243 e. The maximum absolute atomic E-state index is 12.4. The Morgan fingerprint density at radius 1 is 0.966 bits per heavy atom. The van der Waals surface area contributed by atoms with Crippen molar-refractivity contribution in [3.8, 4) is 0 Å². The molecule has 0 fully saturated rings. The number of carbonyl (C=O) groups excluding carboxylic acids is 1. The molecule has 7 nitrogen and oxygen atoms in total. The number of anilines is 1. The Balaban J connectivity index is 2.00. The topological polar surface area (TPSA) is 101 Å². The number of benzene rings is 2. The van der Waals surface area contributed by atoms with Crippen LogP contribution in [0.1, 0.15) is 20.3 Å². The number of nitrogens with one attached hydrogen (secondary N) is 1. The maximum atomic E-state index is 12.4. The first-order valence-corrected chi connectivity index (χ1v) is 12.3. The number of hydrogen-bond donors (Lipinski definition) is 1. The molecule has 2 rings (SSSR count). The zero-order valence-corrected chi connectivity index (χ0v) is 18.7. The first kappa shape index (κ1) is 23.3. The van der Waals surface area contributed by atoms with Crippen molar-refractivity contribution in [1.29, 1.82) is 0 Å². The number of sulfone groups is 1. The molecule has 1 N–H and O–H groups in total. The lowest BCUT2D eigenvalue weighted by Gasteiger charge is -2.21. The summed E-state index contributed by atoms with van der Waals surface area (Å²) >= 11 is 5.75. The number of rotatable bonds is 8. The van der Waals surface area contributed by atoms with Crippen molar-refractivity contribution in [3.63, 3.8) is 0 Å². The summed E-state index contributed by atoms with van der Waals surface area (Å²) in [7, 11) is -5.73. The van der Waals surface area contributed by atoms with Crippen molar-refractivity contribution in [1.82, 2.24) is 4.31 Å². The fraction of sp³-hybridized carbons (Fsp3) is 0.316. The van der Waals surface area contributed by atoms with Gasteiger partial charge in [-0.1, -0.05) is 11.6 Å². The summed E-state index contributed by atoms with van der Waals surface area (Å²) < 4.78 is 50.7.